The van der Waals surface area contributed by atoms with Gasteiger partial charge in [-0.05, 0) is 68.8 Å². The number of hydrogen-bond acceptors (Lipinski definition) is 4. The smallest absolute Gasteiger partial charge is 0.291 e. The van der Waals surface area contributed by atoms with Crippen molar-refractivity contribution in [2.45, 2.75) is 27.3 Å². The van der Waals surface area contributed by atoms with E-state index in [9.17, 15) is 9.59 Å². The Balaban J connectivity index is 1.47. The average Bonchev–Trinajstić information content (AvgIpc) is 3.44. The van der Waals surface area contributed by atoms with Crippen molar-refractivity contribution in [3.8, 4) is 5.69 Å². The zero-order valence-corrected chi connectivity index (χ0v) is 19.1. The lowest BCUT2D eigenvalue weighted by molar-refractivity contribution is 0.0784. The molecule has 0 aliphatic heterocycles. The molecule has 4 rings (SSSR count). The zero-order chi connectivity index (χ0) is 23.5. The van der Waals surface area contributed by atoms with Gasteiger partial charge in [-0.2, -0.15) is 5.10 Å². The van der Waals surface area contributed by atoms with Crippen LogP contribution in [0.25, 0.3) is 5.69 Å². The van der Waals surface area contributed by atoms with Crippen LogP contribution in [0.15, 0.2) is 71.3 Å². The molecule has 7 heteroatoms. The van der Waals surface area contributed by atoms with E-state index in [4.69, 9.17) is 9.52 Å². The van der Waals surface area contributed by atoms with Crippen molar-refractivity contribution in [2.75, 3.05) is 12.4 Å². The fourth-order valence-corrected chi connectivity index (χ4v) is 3.77. The van der Waals surface area contributed by atoms with Gasteiger partial charge in [0.1, 0.15) is 0 Å². The van der Waals surface area contributed by atoms with Crippen LogP contribution in [0.4, 0.5) is 5.69 Å². The fraction of sp³-hybridized carbons (Fsp3) is 0.192. The summed E-state index contributed by atoms with van der Waals surface area (Å²) in [5.74, 6) is -0.221. The van der Waals surface area contributed by atoms with Crippen LogP contribution >= 0.6 is 0 Å². The number of nitrogens with zero attached hydrogens (tertiary/aromatic N) is 3. The average molecular weight is 443 g/mol. The molecule has 0 saturated carbocycles. The van der Waals surface area contributed by atoms with E-state index in [1.165, 1.54) is 6.26 Å². The van der Waals surface area contributed by atoms with Crippen molar-refractivity contribution < 1.29 is 14.0 Å². The highest BCUT2D eigenvalue weighted by Crippen LogP contribution is 2.22. The molecule has 7 nitrogen and oxygen atoms in total. The molecule has 2 amide bonds. The van der Waals surface area contributed by atoms with Crippen LogP contribution in [0, 0.1) is 20.8 Å². The number of amides is 2. The minimum absolute atomic E-state index is 0.110. The summed E-state index contributed by atoms with van der Waals surface area (Å²) >= 11 is 0. The number of rotatable bonds is 6. The molecular weight excluding hydrogens is 416 g/mol. The lowest BCUT2D eigenvalue weighted by Gasteiger charge is -2.18. The lowest BCUT2D eigenvalue weighted by Crippen LogP contribution is -2.26. The van der Waals surface area contributed by atoms with Crippen LogP contribution in [-0.4, -0.2) is 33.5 Å². The normalized spacial score (nSPS) is 10.8. The number of carbonyl (C=O) groups excluding carboxylic acids is 2. The Hall–Kier alpha value is -4.13. The Morgan fingerprint density at radius 2 is 1.73 bits per heavy atom. The van der Waals surface area contributed by atoms with Gasteiger partial charge in [0.25, 0.3) is 11.8 Å². The van der Waals surface area contributed by atoms with Gasteiger partial charge < -0.3 is 14.6 Å². The number of para-hydroxylation sites is 1. The first-order valence-electron chi connectivity index (χ1n) is 10.7. The number of aryl methyl sites for hydroxylation is 2. The molecule has 0 saturated heterocycles. The standard InChI is InChI=1S/C26H26N4O3/c1-17-8-5-6-9-23(17)30-19(3)22(18(2)28-30)16-29(4)26(32)20-11-13-21(14-12-20)27-25(31)24-10-7-15-33-24/h5-15H,16H2,1-4H3,(H,27,31). The summed E-state index contributed by atoms with van der Waals surface area (Å²) in [5.41, 5.74) is 6.22. The highest BCUT2D eigenvalue weighted by Gasteiger charge is 2.19. The molecule has 33 heavy (non-hydrogen) atoms. The second kappa shape index (κ2) is 9.16. The van der Waals surface area contributed by atoms with E-state index in [1.807, 2.05) is 36.7 Å². The SMILES string of the molecule is Cc1ccccc1-n1nc(C)c(CN(C)C(=O)c2ccc(NC(=O)c3ccco3)cc2)c1C. The van der Waals surface area contributed by atoms with Crippen LogP contribution in [0.3, 0.4) is 0 Å². The predicted molar refractivity (Wildman–Crippen MR) is 127 cm³/mol. The van der Waals surface area contributed by atoms with Crippen LogP contribution in [0.2, 0.25) is 0 Å². The van der Waals surface area contributed by atoms with Crippen molar-refractivity contribution in [1.29, 1.82) is 0 Å². The minimum Gasteiger partial charge on any atom is -0.459 e. The summed E-state index contributed by atoms with van der Waals surface area (Å²) in [7, 11) is 1.78. The Labute approximate surface area is 192 Å². The van der Waals surface area contributed by atoms with Gasteiger partial charge in [-0.25, -0.2) is 4.68 Å². The van der Waals surface area contributed by atoms with Gasteiger partial charge in [-0.3, -0.25) is 9.59 Å². The molecule has 0 aliphatic rings. The van der Waals surface area contributed by atoms with Crippen LogP contribution in [0.1, 0.15) is 43.4 Å². The summed E-state index contributed by atoms with van der Waals surface area (Å²) in [6, 6.07) is 18.2. The van der Waals surface area contributed by atoms with Crippen molar-refractivity contribution in [2.24, 2.45) is 0 Å². The third-order valence-electron chi connectivity index (χ3n) is 5.66. The molecule has 0 aliphatic carbocycles. The van der Waals surface area contributed by atoms with Crippen LogP contribution in [-0.2, 0) is 6.54 Å². The maximum absolute atomic E-state index is 13.0. The molecule has 0 radical (unpaired) electrons. The van der Waals surface area contributed by atoms with E-state index in [1.54, 1.807) is 48.3 Å². The molecule has 2 aromatic heterocycles. The second-order valence-corrected chi connectivity index (χ2v) is 8.02. The third kappa shape index (κ3) is 4.57. The Bertz CT molecular complexity index is 1290. The Morgan fingerprint density at radius 3 is 2.39 bits per heavy atom. The van der Waals surface area contributed by atoms with E-state index in [-0.39, 0.29) is 17.6 Å². The third-order valence-corrected chi connectivity index (χ3v) is 5.66. The van der Waals surface area contributed by atoms with Gasteiger partial charge in [0, 0.05) is 36.1 Å². The largest absolute Gasteiger partial charge is 0.459 e. The van der Waals surface area contributed by atoms with Gasteiger partial charge in [0.05, 0.1) is 17.6 Å². The first kappa shape index (κ1) is 22.1. The zero-order valence-electron chi connectivity index (χ0n) is 19.1. The number of benzene rings is 2. The number of carbonyl (C=O) groups is 2. The Morgan fingerprint density at radius 1 is 1.00 bits per heavy atom. The Kier molecular flexibility index (Phi) is 6.13. The molecule has 2 aromatic carbocycles. The summed E-state index contributed by atoms with van der Waals surface area (Å²) in [6.07, 6.45) is 1.45. The van der Waals surface area contributed by atoms with E-state index in [0.29, 0.717) is 17.8 Å². The van der Waals surface area contributed by atoms with E-state index in [0.717, 1.165) is 28.2 Å². The minimum atomic E-state index is -0.340. The monoisotopic (exact) mass is 442 g/mol. The maximum atomic E-state index is 13.0. The molecule has 2 heterocycles. The van der Waals surface area contributed by atoms with Crippen molar-refractivity contribution in [3.05, 3.63) is 101 Å². The first-order chi connectivity index (χ1) is 15.8. The molecule has 0 atom stereocenters. The van der Waals surface area contributed by atoms with Gasteiger partial charge >= 0.3 is 0 Å². The number of aromatic nitrogens is 2. The lowest BCUT2D eigenvalue weighted by atomic mass is 10.1. The first-order valence-corrected chi connectivity index (χ1v) is 10.7. The van der Waals surface area contributed by atoms with Gasteiger partial charge in [-0.15, -0.1) is 0 Å². The van der Waals surface area contributed by atoms with Gasteiger partial charge in [-0.1, -0.05) is 18.2 Å². The number of anilines is 1. The highest BCUT2D eigenvalue weighted by atomic mass is 16.3. The molecule has 0 bridgehead atoms. The summed E-state index contributed by atoms with van der Waals surface area (Å²) in [5, 5.41) is 7.47. The molecule has 0 fully saturated rings. The van der Waals surface area contributed by atoms with E-state index in [2.05, 4.69) is 18.3 Å². The van der Waals surface area contributed by atoms with E-state index < -0.39 is 0 Å². The molecule has 4 aromatic rings. The topological polar surface area (TPSA) is 80.4 Å². The van der Waals surface area contributed by atoms with Crippen molar-refractivity contribution >= 4 is 17.5 Å². The molecule has 0 unspecified atom stereocenters. The number of hydrogen-bond donors (Lipinski definition) is 1. The van der Waals surface area contributed by atoms with Crippen molar-refractivity contribution in [3.63, 3.8) is 0 Å². The van der Waals surface area contributed by atoms with Crippen LogP contribution in [0.5, 0.6) is 0 Å². The van der Waals surface area contributed by atoms with Gasteiger partial charge in [0.2, 0.25) is 0 Å². The number of furan rings is 1. The number of nitrogens with one attached hydrogen (secondary N) is 1. The summed E-state index contributed by atoms with van der Waals surface area (Å²) in [4.78, 5) is 26.8. The second-order valence-electron chi connectivity index (χ2n) is 8.02. The molecule has 0 spiro atoms. The van der Waals surface area contributed by atoms with E-state index >= 15 is 0 Å². The van der Waals surface area contributed by atoms with Crippen LogP contribution < -0.4 is 5.32 Å². The summed E-state index contributed by atoms with van der Waals surface area (Å²) < 4.78 is 7.03. The predicted octanol–water partition coefficient (Wildman–Crippen LogP) is 4.92. The molecular formula is C26H26N4O3. The van der Waals surface area contributed by atoms with Crippen molar-refractivity contribution in [1.82, 2.24) is 14.7 Å². The highest BCUT2D eigenvalue weighted by molar-refractivity contribution is 6.02. The molecule has 1 N–H and O–H groups in total. The quantitative estimate of drug-likeness (QED) is 0.460. The maximum Gasteiger partial charge on any atom is 0.291 e. The summed E-state index contributed by atoms with van der Waals surface area (Å²) in [6.45, 7) is 6.49. The molecule has 168 valence electrons. The van der Waals surface area contributed by atoms with Gasteiger partial charge in [0.15, 0.2) is 5.76 Å². The fourth-order valence-electron chi connectivity index (χ4n) is 3.77.